The van der Waals surface area contributed by atoms with Gasteiger partial charge in [-0.05, 0) is 43.1 Å². The standard InChI is InChI=1S/C23H30N2O2/c1-4-5-6-7-11-14-18-15-23(18)21(25-24)19(17-12-9-8-10-13-17)20(16(2)3)27-22(23)26/h4,8-10,12-13,16,18,20,24H,1,5-7,11,14-15H2,2-3H3/t18-,20+,23+/m0/s1. The van der Waals surface area contributed by atoms with Gasteiger partial charge in [-0.15, -0.1) is 6.58 Å². The molecule has 1 aliphatic carbocycles. The van der Waals surface area contributed by atoms with Crippen LogP contribution in [0.25, 0.3) is 5.57 Å². The van der Waals surface area contributed by atoms with E-state index in [-0.39, 0.29) is 23.9 Å². The van der Waals surface area contributed by atoms with Gasteiger partial charge in [-0.3, -0.25) is 4.79 Å². The van der Waals surface area contributed by atoms with Crippen LogP contribution >= 0.6 is 0 Å². The van der Waals surface area contributed by atoms with Gasteiger partial charge in [0.2, 0.25) is 0 Å². The first kappa shape index (κ1) is 19.5. The number of cyclic esters (lactones) is 1. The number of rotatable bonds is 9. The predicted octanol–water partition coefficient (Wildman–Crippen LogP) is 6.15. The van der Waals surface area contributed by atoms with Gasteiger partial charge in [0.15, 0.2) is 0 Å². The van der Waals surface area contributed by atoms with Crippen LogP contribution in [0.4, 0.5) is 0 Å². The maximum absolute atomic E-state index is 13.0. The first-order chi connectivity index (χ1) is 13.1. The quantitative estimate of drug-likeness (QED) is 0.246. The zero-order valence-electron chi connectivity index (χ0n) is 16.4. The molecule has 1 fully saturated rings. The summed E-state index contributed by atoms with van der Waals surface area (Å²) in [6, 6.07) is 9.98. The SMILES string of the molecule is C=CCCCCC[C@H]1C[C@@]12C(=O)O[C@H](C(C)C)C(c1ccccc1)=C2N=N. The minimum absolute atomic E-state index is 0.134. The van der Waals surface area contributed by atoms with Gasteiger partial charge in [0, 0.05) is 5.57 Å². The zero-order chi connectivity index (χ0) is 19.4. The van der Waals surface area contributed by atoms with Crippen LogP contribution in [-0.4, -0.2) is 12.1 Å². The third kappa shape index (κ3) is 3.62. The zero-order valence-corrected chi connectivity index (χ0v) is 16.4. The van der Waals surface area contributed by atoms with Crippen molar-refractivity contribution in [2.75, 3.05) is 0 Å². The first-order valence-electron chi connectivity index (χ1n) is 10.1. The lowest BCUT2D eigenvalue weighted by Crippen LogP contribution is -2.38. The van der Waals surface area contributed by atoms with E-state index in [0.29, 0.717) is 5.70 Å². The summed E-state index contributed by atoms with van der Waals surface area (Å²) < 4.78 is 5.95. The molecule has 0 unspecified atom stereocenters. The molecule has 1 aliphatic heterocycles. The third-order valence-corrected chi connectivity index (χ3v) is 5.93. The van der Waals surface area contributed by atoms with E-state index < -0.39 is 5.41 Å². The Labute approximate surface area is 162 Å². The average molecular weight is 367 g/mol. The van der Waals surface area contributed by atoms with Crippen molar-refractivity contribution in [1.82, 2.24) is 0 Å². The van der Waals surface area contributed by atoms with E-state index in [0.717, 1.165) is 49.7 Å². The molecule has 4 heteroatoms. The summed E-state index contributed by atoms with van der Waals surface area (Å²) in [7, 11) is 0. The van der Waals surface area contributed by atoms with Crippen LogP contribution in [0.1, 0.15) is 57.9 Å². The number of ether oxygens (including phenoxy) is 1. The van der Waals surface area contributed by atoms with Crippen LogP contribution in [0.3, 0.4) is 0 Å². The number of nitrogens with zero attached hydrogens (tertiary/aromatic N) is 1. The molecule has 1 N–H and O–H groups in total. The smallest absolute Gasteiger partial charge is 0.319 e. The van der Waals surface area contributed by atoms with Gasteiger partial charge in [-0.1, -0.05) is 63.1 Å². The topological polar surface area (TPSA) is 62.5 Å². The van der Waals surface area contributed by atoms with Gasteiger partial charge < -0.3 is 4.74 Å². The molecule has 0 aromatic heterocycles. The van der Waals surface area contributed by atoms with Crippen LogP contribution in [-0.2, 0) is 9.53 Å². The lowest BCUT2D eigenvalue weighted by atomic mass is 9.82. The van der Waals surface area contributed by atoms with Gasteiger partial charge in [-0.2, -0.15) is 5.11 Å². The number of carbonyl (C=O) groups excluding carboxylic acids is 1. The molecule has 1 spiro atoms. The summed E-state index contributed by atoms with van der Waals surface area (Å²) in [5.74, 6) is 0.196. The number of hydrogen-bond donors (Lipinski definition) is 1. The minimum atomic E-state index is -0.698. The summed E-state index contributed by atoms with van der Waals surface area (Å²) in [6.45, 7) is 7.85. The summed E-state index contributed by atoms with van der Waals surface area (Å²) in [4.78, 5) is 13.0. The lowest BCUT2D eigenvalue weighted by molar-refractivity contribution is -0.155. The maximum atomic E-state index is 13.0. The van der Waals surface area contributed by atoms with Crippen molar-refractivity contribution in [1.29, 1.82) is 5.53 Å². The molecule has 0 bridgehead atoms. The molecule has 0 radical (unpaired) electrons. The summed E-state index contributed by atoms with van der Waals surface area (Å²) in [6.07, 6.45) is 7.77. The Balaban J connectivity index is 1.90. The van der Waals surface area contributed by atoms with Gasteiger partial charge in [0.1, 0.15) is 11.5 Å². The van der Waals surface area contributed by atoms with E-state index in [9.17, 15) is 4.79 Å². The van der Waals surface area contributed by atoms with Gasteiger partial charge in [0.25, 0.3) is 0 Å². The third-order valence-electron chi connectivity index (χ3n) is 5.93. The highest BCUT2D eigenvalue weighted by Gasteiger charge is 2.67. The number of allylic oxidation sites excluding steroid dienone is 1. The number of carbonyl (C=O) groups is 1. The van der Waals surface area contributed by atoms with E-state index in [2.05, 4.69) is 11.7 Å². The van der Waals surface area contributed by atoms with Crippen LogP contribution < -0.4 is 0 Å². The Morgan fingerprint density at radius 2 is 2.04 bits per heavy atom. The second-order valence-electron chi connectivity index (χ2n) is 8.11. The molecular weight excluding hydrogens is 336 g/mol. The second kappa shape index (κ2) is 8.20. The fourth-order valence-corrected chi connectivity index (χ4v) is 4.37. The molecule has 0 saturated heterocycles. The molecule has 2 aliphatic rings. The highest BCUT2D eigenvalue weighted by Crippen LogP contribution is 2.65. The van der Waals surface area contributed by atoms with Gasteiger partial charge in [-0.25, -0.2) is 5.53 Å². The molecule has 4 nitrogen and oxygen atoms in total. The van der Waals surface area contributed by atoms with Gasteiger partial charge >= 0.3 is 5.97 Å². The summed E-state index contributed by atoms with van der Waals surface area (Å²) in [5, 5.41) is 3.93. The molecule has 3 rings (SSSR count). The minimum Gasteiger partial charge on any atom is -0.456 e. The van der Waals surface area contributed by atoms with Crippen molar-refractivity contribution >= 4 is 11.5 Å². The molecule has 1 aromatic rings. The molecule has 1 aromatic carbocycles. The molecule has 1 heterocycles. The maximum Gasteiger partial charge on any atom is 0.319 e. The van der Waals surface area contributed by atoms with E-state index in [1.807, 2.05) is 50.3 Å². The van der Waals surface area contributed by atoms with Crippen LogP contribution in [0.15, 0.2) is 53.8 Å². The van der Waals surface area contributed by atoms with Crippen molar-refractivity contribution in [3.05, 3.63) is 54.2 Å². The largest absolute Gasteiger partial charge is 0.456 e. The number of unbranched alkanes of at least 4 members (excludes halogenated alkanes) is 3. The summed E-state index contributed by atoms with van der Waals surface area (Å²) >= 11 is 0. The molecule has 0 amide bonds. The Kier molecular flexibility index (Phi) is 5.93. The molecule has 1 saturated carbocycles. The van der Waals surface area contributed by atoms with E-state index >= 15 is 0 Å². The van der Waals surface area contributed by atoms with E-state index in [1.165, 1.54) is 0 Å². The normalized spacial score (nSPS) is 27.0. The van der Waals surface area contributed by atoms with Crippen LogP contribution in [0.2, 0.25) is 0 Å². The Morgan fingerprint density at radius 3 is 2.67 bits per heavy atom. The average Bonchev–Trinajstić information content (AvgIpc) is 3.38. The lowest BCUT2D eigenvalue weighted by Gasteiger charge is -2.34. The number of benzene rings is 1. The number of nitrogens with one attached hydrogen (secondary N) is 1. The molecule has 144 valence electrons. The highest BCUT2D eigenvalue weighted by molar-refractivity contribution is 5.93. The van der Waals surface area contributed by atoms with Crippen molar-refractivity contribution < 1.29 is 9.53 Å². The van der Waals surface area contributed by atoms with Crippen LogP contribution in [0.5, 0.6) is 0 Å². The monoisotopic (exact) mass is 366 g/mol. The Hall–Kier alpha value is -2.23. The van der Waals surface area contributed by atoms with E-state index in [1.54, 1.807) is 0 Å². The fraction of sp³-hybridized carbons (Fsp3) is 0.522. The van der Waals surface area contributed by atoms with Crippen molar-refractivity contribution in [3.8, 4) is 0 Å². The Bertz CT molecular complexity index is 738. The number of esters is 1. The summed E-state index contributed by atoms with van der Waals surface area (Å²) in [5.41, 5.74) is 9.77. The Morgan fingerprint density at radius 1 is 1.30 bits per heavy atom. The van der Waals surface area contributed by atoms with Crippen molar-refractivity contribution in [3.63, 3.8) is 0 Å². The van der Waals surface area contributed by atoms with Gasteiger partial charge in [0.05, 0.1) is 5.70 Å². The number of hydrogen-bond acceptors (Lipinski definition) is 4. The predicted molar refractivity (Wildman–Crippen MR) is 107 cm³/mol. The molecule has 3 atom stereocenters. The van der Waals surface area contributed by atoms with Crippen molar-refractivity contribution in [2.24, 2.45) is 22.4 Å². The molecule has 27 heavy (non-hydrogen) atoms. The highest BCUT2D eigenvalue weighted by atomic mass is 16.5. The van der Waals surface area contributed by atoms with E-state index in [4.69, 9.17) is 10.3 Å². The van der Waals surface area contributed by atoms with Crippen LogP contribution in [0, 0.1) is 22.8 Å². The van der Waals surface area contributed by atoms with Crippen molar-refractivity contribution in [2.45, 2.75) is 58.5 Å². The fourth-order valence-electron chi connectivity index (χ4n) is 4.37. The molecular formula is C23H30N2O2. The second-order valence-corrected chi connectivity index (χ2v) is 8.11. The first-order valence-corrected chi connectivity index (χ1v) is 10.1.